The third-order valence-electron chi connectivity index (χ3n) is 4.13. The van der Waals surface area contributed by atoms with E-state index in [9.17, 15) is 17.6 Å². The summed E-state index contributed by atoms with van der Waals surface area (Å²) in [6, 6.07) is 18.1. The molecule has 0 saturated heterocycles. The Kier molecular flexibility index (Phi) is 6.20. The fourth-order valence-corrected chi connectivity index (χ4v) is 4.25. The van der Waals surface area contributed by atoms with Crippen LogP contribution in [0.4, 0.5) is 15.8 Å². The predicted molar refractivity (Wildman–Crippen MR) is 112 cm³/mol. The number of carbonyl (C=O) groups is 1. The monoisotopic (exact) mass is 432 g/mol. The lowest BCUT2D eigenvalue weighted by molar-refractivity contribution is -0.114. The number of sulfonamides is 1. The Morgan fingerprint density at radius 2 is 1.72 bits per heavy atom. The highest BCUT2D eigenvalue weighted by Gasteiger charge is 2.27. The minimum Gasteiger partial charge on any atom is -0.322 e. The normalized spacial score (nSPS) is 11.1. The first-order valence-electron chi connectivity index (χ1n) is 8.67. The van der Waals surface area contributed by atoms with E-state index in [-0.39, 0.29) is 10.6 Å². The lowest BCUT2D eigenvalue weighted by Gasteiger charge is -2.24. The minimum absolute atomic E-state index is 0.0119. The summed E-state index contributed by atoms with van der Waals surface area (Å²) in [4.78, 5) is 12.5. The van der Waals surface area contributed by atoms with Gasteiger partial charge >= 0.3 is 0 Å². The average molecular weight is 433 g/mol. The van der Waals surface area contributed by atoms with Crippen LogP contribution in [0.2, 0.25) is 5.02 Å². The number of nitrogens with zero attached hydrogens (tertiary/aromatic N) is 1. The highest BCUT2D eigenvalue weighted by molar-refractivity contribution is 7.92. The van der Waals surface area contributed by atoms with Gasteiger partial charge < -0.3 is 5.32 Å². The molecule has 150 valence electrons. The Balaban J connectivity index is 1.96. The summed E-state index contributed by atoms with van der Waals surface area (Å²) in [5.74, 6) is -1.28. The number of nitrogens with one attached hydrogen (secondary N) is 1. The van der Waals surface area contributed by atoms with Gasteiger partial charge in [0.1, 0.15) is 12.4 Å². The lowest BCUT2D eigenvalue weighted by atomic mass is 10.2. The number of para-hydroxylation sites is 1. The standard InChI is InChI=1S/C21H18ClFN2O3S/c1-15-5-4-6-17(13-15)25(29(27,28)18-11-9-16(22)10-12-18)14-21(26)24-20-8-3-2-7-19(20)23/h2-13H,14H2,1H3,(H,24,26). The van der Waals surface area contributed by atoms with Gasteiger partial charge in [-0.1, -0.05) is 35.9 Å². The Hall–Kier alpha value is -2.90. The Labute approximate surface area is 173 Å². The number of carbonyl (C=O) groups excluding carboxylic acids is 1. The third-order valence-corrected chi connectivity index (χ3v) is 6.17. The summed E-state index contributed by atoms with van der Waals surface area (Å²) in [7, 11) is -4.07. The molecule has 8 heteroatoms. The van der Waals surface area contributed by atoms with Crippen LogP contribution in [0.25, 0.3) is 0 Å². The van der Waals surface area contributed by atoms with Crippen molar-refractivity contribution in [1.82, 2.24) is 0 Å². The van der Waals surface area contributed by atoms with Gasteiger partial charge in [0.25, 0.3) is 10.0 Å². The molecule has 0 heterocycles. The molecule has 3 aromatic rings. The number of halogens is 2. The number of amides is 1. The van der Waals surface area contributed by atoms with E-state index < -0.39 is 28.3 Å². The zero-order valence-corrected chi connectivity index (χ0v) is 17.0. The maximum absolute atomic E-state index is 13.8. The van der Waals surface area contributed by atoms with Crippen molar-refractivity contribution in [1.29, 1.82) is 0 Å². The summed E-state index contributed by atoms with van der Waals surface area (Å²) < 4.78 is 41.3. The van der Waals surface area contributed by atoms with Gasteiger partial charge in [0.05, 0.1) is 16.3 Å². The lowest BCUT2D eigenvalue weighted by Crippen LogP contribution is -2.38. The first-order valence-corrected chi connectivity index (χ1v) is 10.5. The Morgan fingerprint density at radius 3 is 2.38 bits per heavy atom. The summed E-state index contributed by atoms with van der Waals surface area (Å²) >= 11 is 5.86. The van der Waals surface area contributed by atoms with Crippen LogP contribution in [0, 0.1) is 12.7 Å². The Morgan fingerprint density at radius 1 is 1.03 bits per heavy atom. The fourth-order valence-electron chi connectivity index (χ4n) is 2.71. The number of rotatable bonds is 6. The van der Waals surface area contributed by atoms with E-state index in [1.54, 1.807) is 24.3 Å². The second-order valence-electron chi connectivity index (χ2n) is 6.33. The van der Waals surface area contributed by atoms with Crippen molar-refractivity contribution in [3.05, 3.63) is 89.2 Å². The second-order valence-corrected chi connectivity index (χ2v) is 8.63. The van der Waals surface area contributed by atoms with Gasteiger partial charge in [0.15, 0.2) is 0 Å². The first-order chi connectivity index (χ1) is 13.8. The predicted octanol–water partition coefficient (Wildman–Crippen LogP) is 4.62. The maximum Gasteiger partial charge on any atom is 0.264 e. The van der Waals surface area contributed by atoms with Crippen molar-refractivity contribution in [2.24, 2.45) is 0 Å². The Bertz CT molecular complexity index is 1130. The highest BCUT2D eigenvalue weighted by Crippen LogP contribution is 2.25. The first kappa shape index (κ1) is 20.8. The largest absolute Gasteiger partial charge is 0.322 e. The molecular formula is C21H18ClFN2O3S. The second kappa shape index (κ2) is 8.63. The molecule has 0 bridgehead atoms. The molecule has 0 aliphatic rings. The zero-order valence-electron chi connectivity index (χ0n) is 15.5. The van der Waals surface area contributed by atoms with Gasteiger partial charge in [-0.3, -0.25) is 9.10 Å². The molecule has 3 aromatic carbocycles. The topological polar surface area (TPSA) is 66.5 Å². The van der Waals surface area contributed by atoms with Gasteiger partial charge in [-0.2, -0.15) is 0 Å². The van der Waals surface area contributed by atoms with E-state index in [0.717, 1.165) is 9.87 Å². The van der Waals surface area contributed by atoms with E-state index >= 15 is 0 Å². The molecule has 0 unspecified atom stereocenters. The molecule has 0 aliphatic carbocycles. The van der Waals surface area contributed by atoms with Crippen LogP contribution in [-0.4, -0.2) is 20.9 Å². The van der Waals surface area contributed by atoms with Crippen molar-refractivity contribution in [2.45, 2.75) is 11.8 Å². The van der Waals surface area contributed by atoms with E-state index in [2.05, 4.69) is 5.32 Å². The number of benzene rings is 3. The van der Waals surface area contributed by atoms with Gasteiger partial charge in [0, 0.05) is 5.02 Å². The van der Waals surface area contributed by atoms with Crippen LogP contribution in [0.3, 0.4) is 0 Å². The highest BCUT2D eigenvalue weighted by atomic mass is 35.5. The van der Waals surface area contributed by atoms with E-state index in [4.69, 9.17) is 11.6 Å². The van der Waals surface area contributed by atoms with Gasteiger partial charge in [-0.05, 0) is 61.0 Å². The number of anilines is 2. The molecule has 0 spiro atoms. The molecular weight excluding hydrogens is 415 g/mol. The van der Waals surface area contributed by atoms with Crippen LogP contribution in [0.5, 0.6) is 0 Å². The SMILES string of the molecule is Cc1cccc(N(CC(=O)Nc2ccccc2F)S(=O)(=O)c2ccc(Cl)cc2)c1. The van der Waals surface area contributed by atoms with Crippen LogP contribution in [0.15, 0.2) is 77.7 Å². The average Bonchev–Trinajstić information content (AvgIpc) is 2.68. The smallest absolute Gasteiger partial charge is 0.264 e. The number of hydrogen-bond acceptors (Lipinski definition) is 3. The third kappa shape index (κ3) is 4.93. The fraction of sp³-hybridized carbons (Fsp3) is 0.0952. The quantitative estimate of drug-likeness (QED) is 0.618. The molecule has 0 saturated carbocycles. The molecule has 29 heavy (non-hydrogen) atoms. The van der Waals surface area contributed by atoms with Crippen LogP contribution < -0.4 is 9.62 Å². The summed E-state index contributed by atoms with van der Waals surface area (Å²) in [6.45, 7) is 1.29. The van der Waals surface area contributed by atoms with Crippen LogP contribution >= 0.6 is 11.6 Å². The number of hydrogen-bond donors (Lipinski definition) is 1. The van der Waals surface area contributed by atoms with Crippen molar-refractivity contribution >= 4 is 38.9 Å². The molecule has 0 radical (unpaired) electrons. The summed E-state index contributed by atoms with van der Waals surface area (Å²) in [5.41, 5.74) is 1.13. The van der Waals surface area contributed by atoms with Gasteiger partial charge in [-0.25, -0.2) is 12.8 Å². The van der Waals surface area contributed by atoms with E-state index in [0.29, 0.717) is 10.7 Å². The van der Waals surface area contributed by atoms with E-state index in [1.165, 1.54) is 42.5 Å². The van der Waals surface area contributed by atoms with Crippen molar-refractivity contribution in [2.75, 3.05) is 16.2 Å². The molecule has 3 rings (SSSR count). The van der Waals surface area contributed by atoms with Gasteiger partial charge in [0.2, 0.25) is 5.91 Å². The molecule has 1 N–H and O–H groups in total. The molecule has 1 amide bonds. The van der Waals surface area contributed by atoms with Crippen molar-refractivity contribution in [3.63, 3.8) is 0 Å². The van der Waals surface area contributed by atoms with Crippen molar-refractivity contribution < 1.29 is 17.6 Å². The molecule has 0 atom stereocenters. The molecule has 0 aliphatic heterocycles. The zero-order chi connectivity index (χ0) is 21.0. The van der Waals surface area contributed by atoms with Crippen molar-refractivity contribution in [3.8, 4) is 0 Å². The molecule has 0 fully saturated rings. The summed E-state index contributed by atoms with van der Waals surface area (Å²) in [6.07, 6.45) is 0. The van der Waals surface area contributed by atoms with Crippen LogP contribution in [0.1, 0.15) is 5.56 Å². The maximum atomic E-state index is 13.8. The van der Waals surface area contributed by atoms with Gasteiger partial charge in [-0.15, -0.1) is 0 Å². The molecule has 0 aromatic heterocycles. The molecule has 5 nitrogen and oxygen atoms in total. The van der Waals surface area contributed by atoms with Crippen LogP contribution in [-0.2, 0) is 14.8 Å². The number of aryl methyl sites for hydroxylation is 1. The minimum atomic E-state index is -4.07. The summed E-state index contributed by atoms with van der Waals surface area (Å²) in [5, 5.41) is 2.81. The van der Waals surface area contributed by atoms with E-state index in [1.807, 2.05) is 13.0 Å².